The fourth-order valence-corrected chi connectivity index (χ4v) is 2.64. The fraction of sp³-hybridized carbons (Fsp3) is 0.318. The van der Waals surface area contributed by atoms with Gasteiger partial charge in [0.2, 0.25) is 11.8 Å². The zero-order valence-electron chi connectivity index (χ0n) is 16.7. The summed E-state index contributed by atoms with van der Waals surface area (Å²) in [5.41, 5.74) is 4.82. The highest BCUT2D eigenvalue weighted by Crippen LogP contribution is 2.23. The molecule has 0 aliphatic heterocycles. The van der Waals surface area contributed by atoms with E-state index in [1.165, 1.54) is 0 Å². The van der Waals surface area contributed by atoms with Gasteiger partial charge in [0.05, 0.1) is 12.8 Å². The first-order chi connectivity index (χ1) is 14.0. The molecule has 0 aliphatic carbocycles. The van der Waals surface area contributed by atoms with E-state index in [-0.39, 0.29) is 24.7 Å². The van der Waals surface area contributed by atoms with Crippen LogP contribution < -0.4 is 15.5 Å². The van der Waals surface area contributed by atoms with Crippen molar-refractivity contribution in [1.82, 2.24) is 5.43 Å². The van der Waals surface area contributed by atoms with Crippen LogP contribution in [0.15, 0.2) is 47.6 Å². The Hall–Kier alpha value is -2.86. The number of hydrogen-bond acceptors (Lipinski definition) is 4. The number of carbonyl (C=O) groups is 2. The molecule has 2 amide bonds. The normalized spacial score (nSPS) is 10.7. The van der Waals surface area contributed by atoms with Crippen LogP contribution >= 0.6 is 11.6 Å². The zero-order chi connectivity index (χ0) is 21.1. The van der Waals surface area contributed by atoms with Gasteiger partial charge in [-0.1, -0.05) is 24.6 Å². The minimum Gasteiger partial charge on any atom is -0.494 e. The average molecular weight is 416 g/mol. The molecule has 0 heterocycles. The maximum absolute atomic E-state index is 12.0. The van der Waals surface area contributed by atoms with E-state index in [1.54, 1.807) is 24.4 Å². The van der Waals surface area contributed by atoms with Crippen LogP contribution in [0, 0.1) is 6.92 Å². The van der Waals surface area contributed by atoms with Gasteiger partial charge in [0.1, 0.15) is 5.75 Å². The van der Waals surface area contributed by atoms with Gasteiger partial charge in [0, 0.05) is 23.6 Å². The van der Waals surface area contributed by atoms with Gasteiger partial charge >= 0.3 is 0 Å². The molecule has 0 unspecified atom stereocenters. The van der Waals surface area contributed by atoms with Gasteiger partial charge in [-0.2, -0.15) is 5.10 Å². The number of ether oxygens (including phenoxy) is 1. The first-order valence-electron chi connectivity index (χ1n) is 9.59. The Morgan fingerprint density at radius 1 is 1.10 bits per heavy atom. The molecule has 0 bridgehead atoms. The highest BCUT2D eigenvalue weighted by Gasteiger charge is 2.08. The molecule has 2 aromatic carbocycles. The molecule has 0 aliphatic rings. The van der Waals surface area contributed by atoms with E-state index in [0.29, 0.717) is 23.7 Å². The van der Waals surface area contributed by atoms with Crippen LogP contribution in [-0.4, -0.2) is 24.6 Å². The van der Waals surface area contributed by atoms with Crippen molar-refractivity contribution < 1.29 is 14.3 Å². The van der Waals surface area contributed by atoms with Crippen molar-refractivity contribution in [2.45, 2.75) is 39.5 Å². The molecule has 0 fully saturated rings. The maximum atomic E-state index is 12.0. The van der Waals surface area contributed by atoms with Crippen LogP contribution in [-0.2, 0) is 9.59 Å². The van der Waals surface area contributed by atoms with E-state index < -0.39 is 0 Å². The third-order valence-corrected chi connectivity index (χ3v) is 4.51. The van der Waals surface area contributed by atoms with Gasteiger partial charge < -0.3 is 10.1 Å². The average Bonchev–Trinajstić information content (AvgIpc) is 2.71. The lowest BCUT2D eigenvalue weighted by molar-refractivity contribution is -0.121. The minimum absolute atomic E-state index is 0.156. The zero-order valence-corrected chi connectivity index (χ0v) is 17.5. The van der Waals surface area contributed by atoms with E-state index in [1.807, 2.05) is 31.2 Å². The molecular weight excluding hydrogens is 390 g/mol. The Bertz CT molecular complexity index is 851. The quantitative estimate of drug-likeness (QED) is 0.436. The number of hydrogen-bond donors (Lipinski definition) is 2. The monoisotopic (exact) mass is 415 g/mol. The summed E-state index contributed by atoms with van der Waals surface area (Å²) in [6, 6.07) is 12.8. The number of nitrogens with one attached hydrogen (secondary N) is 2. The molecular formula is C22H26ClN3O3. The lowest BCUT2D eigenvalue weighted by atomic mass is 10.2. The standard InChI is InChI=1S/C22H26ClN3O3/c1-3-14-29-18-12-10-17(11-13-18)15-24-26-22(28)9-5-8-21(27)25-20-7-4-6-19(23)16(20)2/h4,6-7,10-13,15H,3,5,8-9,14H2,1-2H3,(H,25,27)(H,26,28)/b24-15-. The summed E-state index contributed by atoms with van der Waals surface area (Å²) in [5.74, 6) is 0.409. The van der Waals surface area contributed by atoms with E-state index in [2.05, 4.69) is 22.8 Å². The van der Waals surface area contributed by atoms with Gasteiger partial charge in [0.15, 0.2) is 0 Å². The molecule has 0 radical (unpaired) electrons. The van der Waals surface area contributed by atoms with Crippen molar-refractivity contribution in [1.29, 1.82) is 0 Å². The summed E-state index contributed by atoms with van der Waals surface area (Å²) < 4.78 is 5.51. The van der Waals surface area contributed by atoms with E-state index >= 15 is 0 Å². The van der Waals surface area contributed by atoms with Crippen LogP contribution in [0.5, 0.6) is 5.75 Å². The Labute approximate surface area is 176 Å². The number of halogens is 1. The van der Waals surface area contributed by atoms with Gasteiger partial charge in [0.25, 0.3) is 0 Å². The molecule has 0 saturated carbocycles. The summed E-state index contributed by atoms with van der Waals surface area (Å²) in [6.07, 6.45) is 3.40. The smallest absolute Gasteiger partial charge is 0.240 e. The molecule has 29 heavy (non-hydrogen) atoms. The SMILES string of the molecule is CCCOc1ccc(/C=N\NC(=O)CCCC(=O)Nc2cccc(Cl)c2C)cc1. The molecule has 7 heteroatoms. The highest BCUT2D eigenvalue weighted by atomic mass is 35.5. The Kier molecular flexibility index (Phi) is 9.18. The van der Waals surface area contributed by atoms with Crippen LogP contribution in [0.1, 0.15) is 43.7 Å². The van der Waals surface area contributed by atoms with Crippen molar-refractivity contribution in [2.24, 2.45) is 5.10 Å². The van der Waals surface area contributed by atoms with Gasteiger partial charge in [-0.15, -0.1) is 0 Å². The predicted octanol–water partition coefficient (Wildman–Crippen LogP) is 4.70. The topological polar surface area (TPSA) is 79.8 Å². The molecule has 0 spiro atoms. The lowest BCUT2D eigenvalue weighted by Gasteiger charge is -2.09. The summed E-state index contributed by atoms with van der Waals surface area (Å²) in [7, 11) is 0. The van der Waals surface area contributed by atoms with Crippen LogP contribution in [0.25, 0.3) is 0 Å². The van der Waals surface area contributed by atoms with Crippen LogP contribution in [0.4, 0.5) is 5.69 Å². The molecule has 154 valence electrons. The number of anilines is 1. The van der Waals surface area contributed by atoms with Crippen molar-refractivity contribution >= 4 is 35.3 Å². The number of nitrogens with zero attached hydrogens (tertiary/aromatic N) is 1. The van der Waals surface area contributed by atoms with Crippen molar-refractivity contribution in [3.63, 3.8) is 0 Å². The largest absolute Gasteiger partial charge is 0.494 e. The van der Waals surface area contributed by atoms with E-state index in [0.717, 1.165) is 23.3 Å². The Morgan fingerprint density at radius 3 is 2.55 bits per heavy atom. The van der Waals surface area contributed by atoms with E-state index in [9.17, 15) is 9.59 Å². The van der Waals surface area contributed by atoms with Crippen LogP contribution in [0.3, 0.4) is 0 Å². The predicted molar refractivity (Wildman–Crippen MR) is 117 cm³/mol. The molecule has 6 nitrogen and oxygen atoms in total. The first kappa shape index (κ1) is 22.4. The second kappa shape index (κ2) is 11.9. The molecule has 0 saturated heterocycles. The Balaban J connectivity index is 1.68. The second-order valence-electron chi connectivity index (χ2n) is 6.52. The van der Waals surface area contributed by atoms with Gasteiger partial charge in [-0.3, -0.25) is 9.59 Å². The second-order valence-corrected chi connectivity index (χ2v) is 6.93. The molecule has 0 aromatic heterocycles. The molecule has 0 atom stereocenters. The van der Waals surface area contributed by atoms with Gasteiger partial charge in [-0.05, 0) is 67.3 Å². The third-order valence-electron chi connectivity index (χ3n) is 4.11. The number of benzene rings is 2. The summed E-state index contributed by atoms with van der Waals surface area (Å²) in [6.45, 7) is 4.58. The number of hydrazone groups is 1. The van der Waals surface area contributed by atoms with Crippen molar-refractivity contribution in [2.75, 3.05) is 11.9 Å². The van der Waals surface area contributed by atoms with Crippen molar-refractivity contribution in [3.8, 4) is 5.75 Å². The summed E-state index contributed by atoms with van der Waals surface area (Å²) in [4.78, 5) is 23.9. The number of rotatable bonds is 10. The summed E-state index contributed by atoms with van der Waals surface area (Å²) >= 11 is 6.04. The Morgan fingerprint density at radius 2 is 1.83 bits per heavy atom. The highest BCUT2D eigenvalue weighted by molar-refractivity contribution is 6.31. The van der Waals surface area contributed by atoms with E-state index in [4.69, 9.17) is 16.3 Å². The van der Waals surface area contributed by atoms with Crippen LogP contribution in [0.2, 0.25) is 5.02 Å². The maximum Gasteiger partial charge on any atom is 0.240 e. The fourth-order valence-electron chi connectivity index (χ4n) is 2.47. The summed E-state index contributed by atoms with van der Waals surface area (Å²) in [5, 5.41) is 7.35. The number of amides is 2. The molecule has 2 N–H and O–H groups in total. The molecule has 2 rings (SSSR count). The third kappa shape index (κ3) is 7.95. The lowest BCUT2D eigenvalue weighted by Crippen LogP contribution is -2.18. The van der Waals surface area contributed by atoms with Crippen molar-refractivity contribution in [3.05, 3.63) is 58.6 Å². The molecule has 2 aromatic rings. The number of carbonyl (C=O) groups excluding carboxylic acids is 2. The van der Waals surface area contributed by atoms with Gasteiger partial charge in [-0.25, -0.2) is 5.43 Å². The minimum atomic E-state index is -0.240. The first-order valence-corrected chi connectivity index (χ1v) is 9.97.